The first-order valence-electron chi connectivity index (χ1n) is 6.68. The van der Waals surface area contributed by atoms with Crippen LogP contribution < -0.4 is 16.2 Å². The van der Waals surface area contributed by atoms with Crippen LogP contribution in [0.25, 0.3) is 0 Å². The van der Waals surface area contributed by atoms with Gasteiger partial charge in [-0.05, 0) is 26.0 Å². The van der Waals surface area contributed by atoms with Gasteiger partial charge in [-0.1, -0.05) is 18.2 Å². The Hall–Kier alpha value is -2.65. The highest BCUT2D eigenvalue weighted by molar-refractivity contribution is 5.67. The first-order valence-corrected chi connectivity index (χ1v) is 6.68. The summed E-state index contributed by atoms with van der Waals surface area (Å²) in [5.41, 5.74) is 4.43. The maximum Gasteiger partial charge on any atom is 0.148 e. The molecule has 1 aromatic heterocycles. The summed E-state index contributed by atoms with van der Waals surface area (Å²) in [6.07, 6.45) is 0.406. The number of aryl methyl sites for hydroxylation is 1. The smallest absolute Gasteiger partial charge is 0.148 e. The zero-order chi connectivity index (χ0) is 15.2. The first-order chi connectivity index (χ1) is 10.2. The number of hydrogen-bond acceptors (Lipinski definition) is 6. The van der Waals surface area contributed by atoms with E-state index in [4.69, 9.17) is 11.1 Å². The highest BCUT2D eigenvalue weighted by atomic mass is 15.3. The van der Waals surface area contributed by atoms with Crippen LogP contribution in [0.4, 0.5) is 17.3 Å². The molecule has 0 radical (unpaired) electrons. The van der Waals surface area contributed by atoms with Gasteiger partial charge in [0.1, 0.15) is 17.5 Å². The number of nitrogens with two attached hydrogens (primary N) is 1. The van der Waals surface area contributed by atoms with Crippen LogP contribution >= 0.6 is 0 Å². The number of anilines is 3. The molecule has 0 aliphatic heterocycles. The predicted octanol–water partition coefficient (Wildman–Crippen LogP) is 2.43. The van der Waals surface area contributed by atoms with Crippen molar-refractivity contribution in [2.75, 3.05) is 16.9 Å². The van der Waals surface area contributed by atoms with Gasteiger partial charge in [0.25, 0.3) is 0 Å². The van der Waals surface area contributed by atoms with Gasteiger partial charge < -0.3 is 10.3 Å². The molecule has 0 aliphatic carbocycles. The fourth-order valence-corrected chi connectivity index (χ4v) is 2.14. The van der Waals surface area contributed by atoms with E-state index in [0.717, 1.165) is 17.1 Å². The summed E-state index contributed by atoms with van der Waals surface area (Å²) in [6, 6.07) is 12.0. The lowest BCUT2D eigenvalue weighted by Gasteiger charge is -2.25. The molecule has 0 bridgehead atoms. The van der Waals surface area contributed by atoms with E-state index in [1.165, 1.54) is 0 Å². The Balaban J connectivity index is 2.51. The fourth-order valence-electron chi connectivity index (χ4n) is 2.14. The Labute approximate surface area is 124 Å². The highest BCUT2D eigenvalue weighted by Crippen LogP contribution is 2.29. The molecule has 1 heterocycles. The van der Waals surface area contributed by atoms with Crippen LogP contribution in [0, 0.1) is 25.2 Å². The minimum absolute atomic E-state index is 0.406. The molecule has 6 heteroatoms. The average molecular weight is 282 g/mol. The normalized spacial score (nSPS) is 10.0. The molecule has 0 unspecified atom stereocenters. The van der Waals surface area contributed by atoms with E-state index in [-0.39, 0.29) is 0 Å². The van der Waals surface area contributed by atoms with E-state index < -0.39 is 0 Å². The summed E-state index contributed by atoms with van der Waals surface area (Å²) >= 11 is 0. The van der Waals surface area contributed by atoms with E-state index in [2.05, 4.69) is 21.5 Å². The van der Waals surface area contributed by atoms with Crippen LogP contribution in [0.3, 0.4) is 0 Å². The number of hydrazine groups is 1. The van der Waals surface area contributed by atoms with Gasteiger partial charge in [-0.3, -0.25) is 0 Å². The molecule has 2 rings (SSSR count). The van der Waals surface area contributed by atoms with Gasteiger partial charge >= 0.3 is 0 Å². The number of nitrogens with one attached hydrogen (secondary N) is 1. The molecular formula is C15H18N6. The molecule has 21 heavy (non-hydrogen) atoms. The summed E-state index contributed by atoms with van der Waals surface area (Å²) in [6.45, 7) is 4.28. The van der Waals surface area contributed by atoms with Gasteiger partial charge in [-0.25, -0.2) is 15.8 Å². The summed E-state index contributed by atoms with van der Waals surface area (Å²) in [7, 11) is 0. The molecule has 0 atom stereocenters. The van der Waals surface area contributed by atoms with E-state index in [1.54, 1.807) is 0 Å². The third kappa shape index (κ3) is 3.27. The van der Waals surface area contributed by atoms with Crippen molar-refractivity contribution in [1.29, 1.82) is 5.26 Å². The lowest BCUT2D eigenvalue weighted by molar-refractivity contribution is 0.897. The first kappa shape index (κ1) is 14.8. The largest absolute Gasteiger partial charge is 0.325 e. The standard InChI is InChI=1S/C15H18N6/c1-11-14(20-17)18-12(2)19-15(11)21(10-6-9-16)13-7-4-3-5-8-13/h3-5,7-8H,6,10,17H2,1-2H3,(H,18,19,20). The highest BCUT2D eigenvalue weighted by Gasteiger charge is 2.16. The van der Waals surface area contributed by atoms with Gasteiger partial charge in [-0.2, -0.15) is 5.26 Å². The predicted molar refractivity (Wildman–Crippen MR) is 83.0 cm³/mol. The lowest BCUT2D eigenvalue weighted by atomic mass is 10.2. The summed E-state index contributed by atoms with van der Waals surface area (Å²) < 4.78 is 0. The van der Waals surface area contributed by atoms with Crippen molar-refractivity contribution < 1.29 is 0 Å². The minimum Gasteiger partial charge on any atom is -0.325 e. The molecule has 0 amide bonds. The molecule has 2 aromatic rings. The summed E-state index contributed by atoms with van der Waals surface area (Å²) in [4.78, 5) is 10.8. The van der Waals surface area contributed by atoms with Crippen LogP contribution in [-0.4, -0.2) is 16.5 Å². The number of para-hydroxylation sites is 1. The quantitative estimate of drug-likeness (QED) is 0.646. The third-order valence-electron chi connectivity index (χ3n) is 3.14. The molecule has 0 spiro atoms. The maximum absolute atomic E-state index is 8.89. The van der Waals surface area contributed by atoms with Crippen LogP contribution in [0.2, 0.25) is 0 Å². The van der Waals surface area contributed by atoms with Crippen molar-refractivity contribution in [3.05, 3.63) is 41.7 Å². The zero-order valence-corrected chi connectivity index (χ0v) is 12.2. The van der Waals surface area contributed by atoms with Crippen LogP contribution in [0.1, 0.15) is 17.8 Å². The second kappa shape index (κ2) is 6.68. The summed E-state index contributed by atoms with van der Waals surface area (Å²) in [5, 5.41) is 8.89. The molecule has 0 fully saturated rings. The SMILES string of the molecule is Cc1nc(NN)c(C)c(N(CCC#N)c2ccccc2)n1. The third-order valence-corrected chi connectivity index (χ3v) is 3.14. The number of aromatic nitrogens is 2. The Bertz CT molecular complexity index is 647. The number of nitrogens with zero attached hydrogens (tertiary/aromatic N) is 4. The van der Waals surface area contributed by atoms with Gasteiger partial charge in [0.15, 0.2) is 0 Å². The fraction of sp³-hybridized carbons (Fsp3) is 0.267. The molecular weight excluding hydrogens is 264 g/mol. The Morgan fingerprint density at radius 3 is 2.57 bits per heavy atom. The Kier molecular flexibility index (Phi) is 4.69. The van der Waals surface area contributed by atoms with E-state index in [0.29, 0.717) is 24.6 Å². The van der Waals surface area contributed by atoms with Crippen LogP contribution in [0.5, 0.6) is 0 Å². The molecule has 0 saturated carbocycles. The van der Waals surface area contributed by atoms with E-state index in [9.17, 15) is 0 Å². The number of benzene rings is 1. The summed E-state index contributed by atoms with van der Waals surface area (Å²) in [5.74, 6) is 7.50. The van der Waals surface area contributed by atoms with Crippen molar-refractivity contribution in [2.45, 2.75) is 20.3 Å². The maximum atomic E-state index is 8.89. The van der Waals surface area contributed by atoms with E-state index >= 15 is 0 Å². The average Bonchev–Trinajstić information content (AvgIpc) is 2.51. The number of hydrogen-bond donors (Lipinski definition) is 2. The molecule has 0 saturated heterocycles. The van der Waals surface area contributed by atoms with Gasteiger partial charge in [0.2, 0.25) is 0 Å². The zero-order valence-electron chi connectivity index (χ0n) is 12.2. The second-order valence-electron chi connectivity index (χ2n) is 4.61. The number of nitrogen functional groups attached to an aromatic ring is 1. The van der Waals surface area contributed by atoms with Gasteiger partial charge in [0.05, 0.1) is 12.5 Å². The van der Waals surface area contributed by atoms with Crippen LogP contribution in [-0.2, 0) is 0 Å². The molecule has 1 aromatic carbocycles. The van der Waals surface area contributed by atoms with E-state index in [1.807, 2.05) is 49.1 Å². The van der Waals surface area contributed by atoms with Crippen molar-refractivity contribution in [3.8, 4) is 6.07 Å². The molecule has 0 aliphatic rings. The minimum atomic E-state index is 0.406. The molecule has 3 N–H and O–H groups in total. The second-order valence-corrected chi connectivity index (χ2v) is 4.61. The van der Waals surface area contributed by atoms with Gasteiger partial charge in [-0.15, -0.1) is 0 Å². The number of rotatable bonds is 5. The van der Waals surface area contributed by atoms with Crippen molar-refractivity contribution in [3.63, 3.8) is 0 Å². The van der Waals surface area contributed by atoms with Gasteiger partial charge in [0, 0.05) is 17.8 Å². The van der Waals surface area contributed by atoms with Crippen molar-refractivity contribution in [1.82, 2.24) is 9.97 Å². The Morgan fingerprint density at radius 1 is 1.24 bits per heavy atom. The van der Waals surface area contributed by atoms with Crippen molar-refractivity contribution >= 4 is 17.3 Å². The number of nitriles is 1. The Morgan fingerprint density at radius 2 is 1.95 bits per heavy atom. The monoisotopic (exact) mass is 282 g/mol. The molecule has 108 valence electrons. The lowest BCUT2D eigenvalue weighted by Crippen LogP contribution is -2.22. The molecule has 6 nitrogen and oxygen atoms in total. The van der Waals surface area contributed by atoms with Crippen LogP contribution in [0.15, 0.2) is 30.3 Å². The topological polar surface area (TPSA) is 90.9 Å². The van der Waals surface area contributed by atoms with Crippen molar-refractivity contribution in [2.24, 2.45) is 5.84 Å².